The van der Waals surface area contributed by atoms with Crippen LogP contribution in [0.3, 0.4) is 0 Å². The molecule has 0 saturated carbocycles. The number of hydrogen-bond acceptors (Lipinski definition) is 2. The lowest BCUT2D eigenvalue weighted by atomic mass is 10.2. The Labute approximate surface area is 68.8 Å². The standard InChI is InChI=1S/C9H8FNO/c10-7-2-1-6-3-8(5-11)12-9(6)4-7/h1-4H,5,11H2. The first-order valence-corrected chi connectivity index (χ1v) is 3.67. The van der Waals surface area contributed by atoms with Crippen molar-refractivity contribution >= 4 is 11.0 Å². The lowest BCUT2D eigenvalue weighted by Crippen LogP contribution is -1.92. The van der Waals surface area contributed by atoms with E-state index >= 15 is 0 Å². The summed E-state index contributed by atoms with van der Waals surface area (Å²) in [5.74, 6) is 0.385. The lowest BCUT2D eigenvalue weighted by Gasteiger charge is -1.87. The van der Waals surface area contributed by atoms with Gasteiger partial charge in [-0.05, 0) is 18.2 Å². The van der Waals surface area contributed by atoms with Crippen LogP contribution < -0.4 is 5.73 Å². The molecule has 2 N–H and O–H groups in total. The average Bonchev–Trinajstić information content (AvgIpc) is 2.46. The molecule has 0 aliphatic carbocycles. The minimum absolute atomic E-state index is 0.291. The fraction of sp³-hybridized carbons (Fsp3) is 0.111. The van der Waals surface area contributed by atoms with E-state index in [9.17, 15) is 4.39 Å². The molecule has 12 heavy (non-hydrogen) atoms. The normalized spacial score (nSPS) is 10.8. The molecule has 0 unspecified atom stereocenters. The predicted octanol–water partition coefficient (Wildman–Crippen LogP) is 2.03. The van der Waals surface area contributed by atoms with Crippen LogP contribution in [0.1, 0.15) is 5.76 Å². The van der Waals surface area contributed by atoms with Crippen molar-refractivity contribution in [1.29, 1.82) is 0 Å². The average molecular weight is 165 g/mol. The number of furan rings is 1. The molecule has 62 valence electrons. The van der Waals surface area contributed by atoms with Crippen LogP contribution >= 0.6 is 0 Å². The molecule has 0 aliphatic rings. The fourth-order valence-corrected chi connectivity index (χ4v) is 1.16. The van der Waals surface area contributed by atoms with Gasteiger partial charge in [-0.1, -0.05) is 0 Å². The van der Waals surface area contributed by atoms with Crippen LogP contribution in [0.2, 0.25) is 0 Å². The number of halogens is 1. The van der Waals surface area contributed by atoms with Crippen LogP contribution in [0.25, 0.3) is 11.0 Å². The third kappa shape index (κ3) is 1.08. The van der Waals surface area contributed by atoms with Crippen molar-refractivity contribution in [2.45, 2.75) is 6.54 Å². The van der Waals surface area contributed by atoms with E-state index in [0.717, 1.165) is 5.39 Å². The molecule has 3 heteroatoms. The molecule has 2 nitrogen and oxygen atoms in total. The maximum Gasteiger partial charge on any atom is 0.137 e. The van der Waals surface area contributed by atoms with Crippen molar-refractivity contribution in [2.75, 3.05) is 0 Å². The van der Waals surface area contributed by atoms with Gasteiger partial charge in [-0.25, -0.2) is 4.39 Å². The van der Waals surface area contributed by atoms with Gasteiger partial charge in [-0.3, -0.25) is 0 Å². The molecule has 0 aliphatic heterocycles. The van der Waals surface area contributed by atoms with Crippen LogP contribution in [0.4, 0.5) is 4.39 Å². The summed E-state index contributed by atoms with van der Waals surface area (Å²) in [5.41, 5.74) is 5.92. The summed E-state index contributed by atoms with van der Waals surface area (Å²) in [7, 11) is 0. The molecule has 0 bridgehead atoms. The number of benzene rings is 1. The van der Waals surface area contributed by atoms with Gasteiger partial charge < -0.3 is 10.2 Å². The van der Waals surface area contributed by atoms with Crippen molar-refractivity contribution in [3.8, 4) is 0 Å². The van der Waals surface area contributed by atoms with E-state index in [4.69, 9.17) is 10.2 Å². The molecule has 0 fully saturated rings. The Morgan fingerprint density at radius 2 is 2.17 bits per heavy atom. The molecule has 0 atom stereocenters. The second-order valence-corrected chi connectivity index (χ2v) is 2.60. The second-order valence-electron chi connectivity index (χ2n) is 2.60. The maximum atomic E-state index is 12.7. The van der Waals surface area contributed by atoms with E-state index in [1.807, 2.05) is 6.07 Å². The Bertz CT molecular complexity index is 408. The van der Waals surface area contributed by atoms with Crippen LogP contribution in [-0.4, -0.2) is 0 Å². The largest absolute Gasteiger partial charge is 0.460 e. The predicted molar refractivity (Wildman–Crippen MR) is 44.1 cm³/mol. The van der Waals surface area contributed by atoms with Crippen LogP contribution in [0, 0.1) is 5.82 Å². The van der Waals surface area contributed by atoms with E-state index in [1.54, 1.807) is 6.07 Å². The maximum absolute atomic E-state index is 12.7. The highest BCUT2D eigenvalue weighted by atomic mass is 19.1. The molecule has 1 heterocycles. The first-order chi connectivity index (χ1) is 5.79. The smallest absolute Gasteiger partial charge is 0.137 e. The highest BCUT2D eigenvalue weighted by Gasteiger charge is 2.02. The molecule has 0 spiro atoms. The minimum Gasteiger partial charge on any atom is -0.460 e. The van der Waals surface area contributed by atoms with Crippen molar-refractivity contribution in [3.63, 3.8) is 0 Å². The summed E-state index contributed by atoms with van der Waals surface area (Å²) in [5, 5.41) is 0.886. The van der Waals surface area contributed by atoms with Gasteiger partial charge in [-0.2, -0.15) is 0 Å². The minimum atomic E-state index is -0.291. The summed E-state index contributed by atoms with van der Waals surface area (Å²) in [6.45, 7) is 0.344. The van der Waals surface area contributed by atoms with Crippen LogP contribution in [-0.2, 0) is 6.54 Å². The van der Waals surface area contributed by atoms with Gasteiger partial charge in [0.25, 0.3) is 0 Å². The Hall–Kier alpha value is -1.35. The van der Waals surface area contributed by atoms with Gasteiger partial charge in [0.15, 0.2) is 0 Å². The van der Waals surface area contributed by atoms with Crippen LogP contribution in [0.5, 0.6) is 0 Å². The molecule has 2 rings (SSSR count). The highest BCUT2D eigenvalue weighted by Crippen LogP contribution is 2.19. The molecule has 1 aromatic carbocycles. The van der Waals surface area contributed by atoms with Crippen molar-refractivity contribution in [2.24, 2.45) is 5.73 Å². The molecule has 1 aromatic heterocycles. The van der Waals surface area contributed by atoms with Gasteiger partial charge >= 0.3 is 0 Å². The van der Waals surface area contributed by atoms with Crippen molar-refractivity contribution in [1.82, 2.24) is 0 Å². The van der Waals surface area contributed by atoms with Gasteiger partial charge in [-0.15, -0.1) is 0 Å². The Morgan fingerprint density at radius 1 is 1.33 bits per heavy atom. The third-order valence-electron chi connectivity index (χ3n) is 1.73. The monoisotopic (exact) mass is 165 g/mol. The summed E-state index contributed by atoms with van der Waals surface area (Å²) < 4.78 is 17.9. The summed E-state index contributed by atoms with van der Waals surface area (Å²) in [6.07, 6.45) is 0. The molecule has 2 aromatic rings. The molecule has 0 radical (unpaired) electrons. The summed E-state index contributed by atoms with van der Waals surface area (Å²) in [6, 6.07) is 6.24. The Kier molecular flexibility index (Phi) is 1.59. The molecular formula is C9H8FNO. The van der Waals surface area contributed by atoms with E-state index in [-0.39, 0.29) is 5.82 Å². The molecule has 0 amide bonds. The first-order valence-electron chi connectivity index (χ1n) is 3.67. The van der Waals surface area contributed by atoms with E-state index in [0.29, 0.717) is 17.9 Å². The fourth-order valence-electron chi connectivity index (χ4n) is 1.16. The lowest BCUT2D eigenvalue weighted by molar-refractivity contribution is 0.547. The second kappa shape index (κ2) is 2.60. The van der Waals surface area contributed by atoms with Crippen LogP contribution in [0.15, 0.2) is 28.7 Å². The Morgan fingerprint density at radius 3 is 2.92 bits per heavy atom. The van der Waals surface area contributed by atoms with Crippen molar-refractivity contribution in [3.05, 3.63) is 35.8 Å². The number of hydrogen-bond donors (Lipinski definition) is 1. The van der Waals surface area contributed by atoms with Crippen molar-refractivity contribution < 1.29 is 8.81 Å². The van der Waals surface area contributed by atoms with E-state index in [1.165, 1.54) is 12.1 Å². The highest BCUT2D eigenvalue weighted by molar-refractivity contribution is 5.77. The third-order valence-corrected chi connectivity index (χ3v) is 1.73. The summed E-state index contributed by atoms with van der Waals surface area (Å²) >= 11 is 0. The van der Waals surface area contributed by atoms with Gasteiger partial charge in [0.1, 0.15) is 17.2 Å². The van der Waals surface area contributed by atoms with Gasteiger partial charge in [0.05, 0.1) is 6.54 Å². The summed E-state index contributed by atoms with van der Waals surface area (Å²) in [4.78, 5) is 0. The van der Waals surface area contributed by atoms with Gasteiger partial charge in [0.2, 0.25) is 0 Å². The zero-order valence-electron chi connectivity index (χ0n) is 6.38. The zero-order valence-corrected chi connectivity index (χ0v) is 6.38. The zero-order chi connectivity index (χ0) is 8.55. The topological polar surface area (TPSA) is 39.2 Å². The number of nitrogens with two attached hydrogens (primary N) is 1. The number of rotatable bonds is 1. The van der Waals surface area contributed by atoms with Gasteiger partial charge in [0, 0.05) is 11.5 Å². The molecule has 0 saturated heterocycles. The first kappa shape index (κ1) is 7.31. The molecular weight excluding hydrogens is 157 g/mol. The Balaban J connectivity index is 2.67. The van der Waals surface area contributed by atoms with E-state index in [2.05, 4.69) is 0 Å². The quantitative estimate of drug-likeness (QED) is 0.702. The SMILES string of the molecule is NCc1cc2ccc(F)cc2o1. The van der Waals surface area contributed by atoms with E-state index < -0.39 is 0 Å². The number of fused-ring (bicyclic) bond motifs is 1.